The summed E-state index contributed by atoms with van der Waals surface area (Å²) in [4.78, 5) is 21.7. The summed E-state index contributed by atoms with van der Waals surface area (Å²) in [5.74, 6) is 0.234. The van der Waals surface area contributed by atoms with Crippen molar-refractivity contribution in [2.75, 3.05) is 13.1 Å². The van der Waals surface area contributed by atoms with Crippen LogP contribution in [0.3, 0.4) is 0 Å². The number of benzene rings is 2. The number of imidazole rings is 1. The number of halogens is 2. The number of rotatable bonds is 6. The van der Waals surface area contributed by atoms with Gasteiger partial charge in [-0.05, 0) is 54.6 Å². The van der Waals surface area contributed by atoms with Crippen LogP contribution in [0, 0.1) is 17.7 Å². The number of piperidine rings is 1. The number of nitrogens with one attached hydrogen (secondary N) is 1. The number of hydrogen-bond donors (Lipinski definition) is 2. The number of aromatic amines is 1. The van der Waals surface area contributed by atoms with Gasteiger partial charge >= 0.3 is 5.97 Å². The highest BCUT2D eigenvalue weighted by molar-refractivity contribution is 5.85. The van der Waals surface area contributed by atoms with E-state index >= 15 is 0 Å². The van der Waals surface area contributed by atoms with Crippen LogP contribution in [0.2, 0.25) is 0 Å². The van der Waals surface area contributed by atoms with E-state index in [4.69, 9.17) is 0 Å². The zero-order valence-corrected chi connectivity index (χ0v) is 16.9. The Bertz CT molecular complexity index is 944. The minimum absolute atomic E-state index is 0. The Labute approximate surface area is 175 Å². The second-order valence-electron chi connectivity index (χ2n) is 7.68. The minimum Gasteiger partial charge on any atom is -0.481 e. The van der Waals surface area contributed by atoms with Gasteiger partial charge in [-0.3, -0.25) is 9.69 Å². The number of carboxylic acids is 1. The summed E-state index contributed by atoms with van der Waals surface area (Å²) >= 11 is 0. The molecule has 3 aromatic rings. The molecule has 0 amide bonds. The molecule has 7 heteroatoms. The van der Waals surface area contributed by atoms with Crippen LogP contribution < -0.4 is 0 Å². The molecule has 0 saturated carbocycles. The van der Waals surface area contributed by atoms with Gasteiger partial charge < -0.3 is 10.1 Å². The Hall–Kier alpha value is -2.44. The van der Waals surface area contributed by atoms with Crippen molar-refractivity contribution in [1.82, 2.24) is 14.9 Å². The summed E-state index contributed by atoms with van der Waals surface area (Å²) in [6.45, 7) is 2.28. The fourth-order valence-electron chi connectivity index (χ4n) is 4.27. The largest absolute Gasteiger partial charge is 0.481 e. The molecule has 1 aliphatic rings. The second kappa shape index (κ2) is 9.37. The van der Waals surface area contributed by atoms with Gasteiger partial charge in [-0.1, -0.05) is 24.3 Å². The molecule has 29 heavy (non-hydrogen) atoms. The smallest absolute Gasteiger partial charge is 0.303 e. The summed E-state index contributed by atoms with van der Waals surface area (Å²) in [7, 11) is 0. The third-order valence-electron chi connectivity index (χ3n) is 5.60. The Morgan fingerprint density at radius 2 is 2.03 bits per heavy atom. The molecule has 2 heterocycles. The van der Waals surface area contributed by atoms with E-state index in [1.54, 1.807) is 12.1 Å². The number of hydrogen-bond acceptors (Lipinski definition) is 3. The van der Waals surface area contributed by atoms with Crippen LogP contribution in [-0.2, 0) is 17.8 Å². The molecule has 0 spiro atoms. The zero-order valence-electron chi connectivity index (χ0n) is 16.1. The average Bonchev–Trinajstić information content (AvgIpc) is 3.06. The van der Waals surface area contributed by atoms with E-state index in [9.17, 15) is 14.3 Å². The number of aromatic nitrogens is 2. The van der Waals surface area contributed by atoms with E-state index in [1.165, 1.54) is 6.07 Å². The molecule has 5 nitrogen and oxygen atoms in total. The average molecular weight is 418 g/mol. The first-order chi connectivity index (χ1) is 13.6. The number of carboxylic acid groups (broad SMARTS) is 1. The normalized spacial score (nSPS) is 19.8. The van der Waals surface area contributed by atoms with Crippen molar-refractivity contribution in [1.29, 1.82) is 0 Å². The van der Waals surface area contributed by atoms with E-state index < -0.39 is 5.97 Å². The molecule has 154 valence electrons. The number of aliphatic carboxylic acids is 1. The van der Waals surface area contributed by atoms with Crippen molar-refractivity contribution in [3.63, 3.8) is 0 Å². The number of para-hydroxylation sites is 2. The number of likely N-dealkylation sites (tertiary alicyclic amines) is 1. The van der Waals surface area contributed by atoms with Gasteiger partial charge in [0.2, 0.25) is 0 Å². The van der Waals surface area contributed by atoms with Crippen LogP contribution in [-0.4, -0.2) is 39.0 Å². The van der Waals surface area contributed by atoms with E-state index in [0.29, 0.717) is 13.0 Å². The van der Waals surface area contributed by atoms with Crippen LogP contribution >= 0.6 is 12.4 Å². The lowest BCUT2D eigenvalue weighted by molar-refractivity contribution is -0.139. The van der Waals surface area contributed by atoms with Gasteiger partial charge in [0.05, 0.1) is 11.0 Å². The van der Waals surface area contributed by atoms with Crippen molar-refractivity contribution in [3.8, 4) is 0 Å². The highest BCUT2D eigenvalue weighted by Gasteiger charge is 2.31. The van der Waals surface area contributed by atoms with E-state index in [1.807, 2.05) is 30.3 Å². The van der Waals surface area contributed by atoms with Gasteiger partial charge in [0.25, 0.3) is 0 Å². The topological polar surface area (TPSA) is 69.2 Å². The number of H-pyrrole nitrogens is 1. The van der Waals surface area contributed by atoms with Gasteiger partial charge in [-0.15, -0.1) is 12.4 Å². The molecule has 2 N–H and O–H groups in total. The maximum absolute atomic E-state index is 13.5. The summed E-state index contributed by atoms with van der Waals surface area (Å²) in [5.41, 5.74) is 2.87. The van der Waals surface area contributed by atoms with Gasteiger partial charge in [0.1, 0.15) is 11.6 Å². The van der Waals surface area contributed by atoms with E-state index in [-0.39, 0.29) is 36.5 Å². The Kier molecular flexibility index (Phi) is 6.87. The highest BCUT2D eigenvalue weighted by atomic mass is 35.5. The Morgan fingerprint density at radius 1 is 1.21 bits per heavy atom. The first-order valence-corrected chi connectivity index (χ1v) is 9.69. The molecule has 0 radical (unpaired) electrons. The molecule has 0 aliphatic carbocycles. The van der Waals surface area contributed by atoms with E-state index in [2.05, 4.69) is 14.9 Å². The minimum atomic E-state index is -0.752. The fourth-order valence-corrected chi connectivity index (χ4v) is 4.27. The first-order valence-electron chi connectivity index (χ1n) is 9.69. The lowest BCUT2D eigenvalue weighted by Crippen LogP contribution is -2.41. The van der Waals surface area contributed by atoms with Gasteiger partial charge in [-0.2, -0.15) is 0 Å². The molecule has 0 unspecified atom stereocenters. The molecule has 1 aromatic heterocycles. The number of nitrogens with zero attached hydrogens (tertiary/aromatic N) is 2. The predicted molar refractivity (Wildman–Crippen MR) is 113 cm³/mol. The Morgan fingerprint density at radius 3 is 2.79 bits per heavy atom. The highest BCUT2D eigenvalue weighted by Crippen LogP contribution is 2.30. The van der Waals surface area contributed by atoms with Crippen molar-refractivity contribution < 1.29 is 14.3 Å². The molecule has 1 fully saturated rings. The van der Waals surface area contributed by atoms with Gasteiger partial charge in [-0.25, -0.2) is 9.37 Å². The first kappa shape index (κ1) is 21.3. The maximum atomic E-state index is 13.5. The molecular weight excluding hydrogens is 393 g/mol. The summed E-state index contributed by atoms with van der Waals surface area (Å²) in [6, 6.07) is 14.6. The van der Waals surface area contributed by atoms with Crippen LogP contribution in [0.5, 0.6) is 0 Å². The molecular formula is C22H25ClFN3O2. The summed E-state index contributed by atoms with van der Waals surface area (Å²) in [5, 5.41) is 9.32. The van der Waals surface area contributed by atoms with Crippen molar-refractivity contribution >= 4 is 29.4 Å². The third kappa shape index (κ3) is 5.34. The predicted octanol–water partition coefficient (Wildman–Crippen LogP) is 4.28. The molecule has 2 atom stereocenters. The standard InChI is InChI=1S/C22H24FN3O2.ClH/c23-18-5-3-4-15(10-18)13-26-9-8-16(12-22(27)28)17(14-26)11-21-24-19-6-1-2-7-20(19)25-21;/h1-7,10,16-17H,8-9,11-14H2,(H,24,25)(H,27,28);1H/t16-,17-;/m0./s1. The summed E-state index contributed by atoms with van der Waals surface area (Å²) < 4.78 is 13.5. The van der Waals surface area contributed by atoms with Crippen LogP contribution in [0.1, 0.15) is 24.2 Å². The van der Waals surface area contributed by atoms with E-state index in [0.717, 1.165) is 41.9 Å². The second-order valence-corrected chi connectivity index (χ2v) is 7.68. The van der Waals surface area contributed by atoms with Crippen molar-refractivity contribution in [3.05, 3.63) is 65.7 Å². The van der Waals surface area contributed by atoms with Crippen molar-refractivity contribution in [2.45, 2.75) is 25.8 Å². The van der Waals surface area contributed by atoms with Gasteiger partial charge in [0, 0.05) is 25.9 Å². The summed E-state index contributed by atoms with van der Waals surface area (Å²) in [6.07, 6.45) is 1.72. The Balaban J connectivity index is 0.00000240. The van der Waals surface area contributed by atoms with Crippen molar-refractivity contribution in [2.24, 2.45) is 11.8 Å². The number of carbonyl (C=O) groups is 1. The van der Waals surface area contributed by atoms with Crippen LogP contribution in [0.15, 0.2) is 48.5 Å². The maximum Gasteiger partial charge on any atom is 0.303 e. The molecule has 1 saturated heterocycles. The molecule has 2 aromatic carbocycles. The molecule has 1 aliphatic heterocycles. The molecule has 4 rings (SSSR count). The number of fused-ring (bicyclic) bond motifs is 1. The van der Waals surface area contributed by atoms with Crippen LogP contribution in [0.25, 0.3) is 11.0 Å². The SMILES string of the molecule is Cl.O=C(O)C[C@@H]1CCN(Cc2cccc(F)c2)C[C@@H]1Cc1nc2ccccc2[nH]1. The lowest BCUT2D eigenvalue weighted by Gasteiger charge is -2.38. The molecule has 0 bridgehead atoms. The lowest BCUT2D eigenvalue weighted by atomic mass is 9.81. The van der Waals surface area contributed by atoms with Gasteiger partial charge in [0.15, 0.2) is 0 Å². The quantitative estimate of drug-likeness (QED) is 0.628. The monoisotopic (exact) mass is 417 g/mol. The third-order valence-corrected chi connectivity index (χ3v) is 5.60. The zero-order chi connectivity index (χ0) is 19.5. The van der Waals surface area contributed by atoms with Crippen LogP contribution in [0.4, 0.5) is 4.39 Å². The fraction of sp³-hybridized carbons (Fsp3) is 0.364.